The Morgan fingerprint density at radius 3 is 2.50 bits per heavy atom. The summed E-state index contributed by atoms with van der Waals surface area (Å²) in [5.74, 6) is 2.14. The Hall–Kier alpha value is -2.34. The summed E-state index contributed by atoms with van der Waals surface area (Å²) in [6, 6.07) is 9.50. The van der Waals surface area contributed by atoms with E-state index in [1.807, 2.05) is 35.2 Å². The molecule has 1 aliphatic rings. The Labute approximate surface area is 129 Å². The van der Waals surface area contributed by atoms with Crippen molar-refractivity contribution < 1.29 is 14.6 Å². The summed E-state index contributed by atoms with van der Waals surface area (Å²) in [6.45, 7) is 1.43. The fourth-order valence-corrected chi connectivity index (χ4v) is 2.59. The van der Waals surface area contributed by atoms with Gasteiger partial charge in [0.25, 0.3) is 0 Å². The van der Waals surface area contributed by atoms with Crippen LogP contribution in [0.1, 0.15) is 6.42 Å². The van der Waals surface area contributed by atoms with E-state index in [0.717, 1.165) is 30.0 Å². The Balaban J connectivity index is 1.83. The number of aliphatic hydroxyl groups is 1. The highest BCUT2D eigenvalue weighted by atomic mass is 16.5. The summed E-state index contributed by atoms with van der Waals surface area (Å²) in [5.41, 5.74) is 1.68. The highest BCUT2D eigenvalue weighted by molar-refractivity contribution is 5.64. The van der Waals surface area contributed by atoms with Crippen LogP contribution < -0.4 is 14.4 Å². The number of rotatable bonds is 4. The van der Waals surface area contributed by atoms with Gasteiger partial charge in [-0.1, -0.05) is 0 Å². The van der Waals surface area contributed by atoms with Gasteiger partial charge in [-0.2, -0.15) is 0 Å². The van der Waals surface area contributed by atoms with Gasteiger partial charge in [-0.25, -0.2) is 0 Å². The standard InChI is InChI=1S/C16H19N3O3/c1-21-14-5-3-11(9-15(14)22-2)13-4-6-16(18-17-13)19-8-7-12(20)10-19/h3-6,9,12,20H,7-8,10H2,1-2H3. The number of hydrogen-bond donors (Lipinski definition) is 1. The third-order valence-corrected chi connectivity index (χ3v) is 3.82. The first kappa shape index (κ1) is 14.6. The SMILES string of the molecule is COc1ccc(-c2ccc(N3CCC(O)C3)nn2)cc1OC. The van der Waals surface area contributed by atoms with Crippen LogP contribution in [-0.4, -0.2) is 48.7 Å². The van der Waals surface area contributed by atoms with Gasteiger partial charge < -0.3 is 19.5 Å². The van der Waals surface area contributed by atoms with Gasteiger partial charge in [0.2, 0.25) is 0 Å². The van der Waals surface area contributed by atoms with Crippen molar-refractivity contribution in [2.45, 2.75) is 12.5 Å². The molecule has 1 fully saturated rings. The summed E-state index contributed by atoms with van der Waals surface area (Å²) in [5, 5.41) is 18.1. The number of aliphatic hydroxyl groups excluding tert-OH is 1. The van der Waals surface area contributed by atoms with Crippen LogP contribution in [0.15, 0.2) is 30.3 Å². The van der Waals surface area contributed by atoms with Crippen molar-refractivity contribution in [1.82, 2.24) is 10.2 Å². The van der Waals surface area contributed by atoms with Crippen LogP contribution in [0.4, 0.5) is 5.82 Å². The molecule has 1 atom stereocenters. The predicted octanol–water partition coefficient (Wildman–Crippen LogP) is 1.73. The fourth-order valence-electron chi connectivity index (χ4n) is 2.59. The van der Waals surface area contributed by atoms with Crippen molar-refractivity contribution in [3.8, 4) is 22.8 Å². The second-order valence-corrected chi connectivity index (χ2v) is 5.24. The molecule has 0 bridgehead atoms. The molecule has 0 radical (unpaired) electrons. The molecule has 1 aliphatic heterocycles. The molecule has 1 aromatic carbocycles. The average Bonchev–Trinajstić information content (AvgIpc) is 3.01. The first-order valence-electron chi connectivity index (χ1n) is 7.20. The molecule has 116 valence electrons. The van der Waals surface area contributed by atoms with Gasteiger partial charge in [-0.3, -0.25) is 0 Å². The number of β-amino-alcohol motifs (C(OH)–C–C–N with tert-alkyl or cyclic N) is 1. The molecule has 1 aromatic heterocycles. The lowest BCUT2D eigenvalue weighted by atomic mass is 10.1. The van der Waals surface area contributed by atoms with Crippen molar-refractivity contribution in [3.05, 3.63) is 30.3 Å². The van der Waals surface area contributed by atoms with Crippen molar-refractivity contribution >= 4 is 5.82 Å². The van der Waals surface area contributed by atoms with Crippen LogP contribution in [0.25, 0.3) is 11.3 Å². The summed E-state index contributed by atoms with van der Waals surface area (Å²) in [6.07, 6.45) is 0.506. The summed E-state index contributed by atoms with van der Waals surface area (Å²) < 4.78 is 10.5. The Kier molecular flexibility index (Phi) is 4.11. The lowest BCUT2D eigenvalue weighted by molar-refractivity contribution is 0.198. The van der Waals surface area contributed by atoms with E-state index in [0.29, 0.717) is 18.0 Å². The van der Waals surface area contributed by atoms with Crippen molar-refractivity contribution in [2.24, 2.45) is 0 Å². The smallest absolute Gasteiger partial charge is 0.161 e. The van der Waals surface area contributed by atoms with E-state index >= 15 is 0 Å². The maximum Gasteiger partial charge on any atom is 0.161 e. The summed E-state index contributed by atoms with van der Waals surface area (Å²) in [7, 11) is 3.21. The molecule has 0 spiro atoms. The van der Waals surface area contributed by atoms with E-state index in [1.54, 1.807) is 14.2 Å². The minimum Gasteiger partial charge on any atom is -0.493 e. The number of nitrogens with zero attached hydrogens (tertiary/aromatic N) is 3. The molecule has 0 aliphatic carbocycles. The van der Waals surface area contributed by atoms with Gasteiger partial charge in [-0.05, 0) is 36.8 Å². The topological polar surface area (TPSA) is 67.7 Å². The molecular formula is C16H19N3O3. The number of aromatic nitrogens is 2. The molecule has 0 amide bonds. The van der Waals surface area contributed by atoms with Gasteiger partial charge in [0, 0.05) is 18.7 Å². The molecular weight excluding hydrogens is 282 g/mol. The van der Waals surface area contributed by atoms with Gasteiger partial charge in [0.1, 0.15) is 0 Å². The van der Waals surface area contributed by atoms with Crippen LogP contribution in [0.5, 0.6) is 11.5 Å². The molecule has 2 aromatic rings. The predicted molar refractivity (Wildman–Crippen MR) is 83.4 cm³/mol. The van der Waals surface area contributed by atoms with Crippen LogP contribution in [0.2, 0.25) is 0 Å². The number of ether oxygens (including phenoxy) is 2. The van der Waals surface area contributed by atoms with Crippen LogP contribution in [-0.2, 0) is 0 Å². The first-order valence-corrected chi connectivity index (χ1v) is 7.20. The minimum absolute atomic E-state index is 0.271. The summed E-state index contributed by atoms with van der Waals surface area (Å²) >= 11 is 0. The van der Waals surface area contributed by atoms with E-state index in [-0.39, 0.29) is 6.10 Å². The van der Waals surface area contributed by atoms with Crippen LogP contribution in [0, 0.1) is 0 Å². The Bertz CT molecular complexity index is 646. The van der Waals surface area contributed by atoms with Gasteiger partial charge >= 0.3 is 0 Å². The molecule has 6 heteroatoms. The number of anilines is 1. The van der Waals surface area contributed by atoms with Gasteiger partial charge in [0.15, 0.2) is 17.3 Å². The van der Waals surface area contributed by atoms with E-state index < -0.39 is 0 Å². The average molecular weight is 301 g/mol. The second-order valence-electron chi connectivity index (χ2n) is 5.24. The molecule has 1 unspecified atom stereocenters. The third-order valence-electron chi connectivity index (χ3n) is 3.82. The highest BCUT2D eigenvalue weighted by Crippen LogP contribution is 2.31. The summed E-state index contributed by atoms with van der Waals surface area (Å²) in [4.78, 5) is 2.04. The molecule has 1 saturated heterocycles. The van der Waals surface area contributed by atoms with E-state index in [9.17, 15) is 5.11 Å². The maximum atomic E-state index is 9.58. The van der Waals surface area contributed by atoms with Crippen molar-refractivity contribution in [1.29, 1.82) is 0 Å². The molecule has 2 heterocycles. The number of benzene rings is 1. The zero-order chi connectivity index (χ0) is 15.5. The molecule has 1 N–H and O–H groups in total. The zero-order valence-electron chi connectivity index (χ0n) is 12.7. The lowest BCUT2D eigenvalue weighted by Crippen LogP contribution is -2.22. The molecule has 6 nitrogen and oxygen atoms in total. The number of hydrogen-bond acceptors (Lipinski definition) is 6. The Morgan fingerprint density at radius 1 is 1.09 bits per heavy atom. The second kappa shape index (κ2) is 6.19. The quantitative estimate of drug-likeness (QED) is 0.927. The minimum atomic E-state index is -0.271. The molecule has 22 heavy (non-hydrogen) atoms. The van der Waals surface area contributed by atoms with Crippen LogP contribution in [0.3, 0.4) is 0 Å². The van der Waals surface area contributed by atoms with Crippen molar-refractivity contribution in [3.63, 3.8) is 0 Å². The Morgan fingerprint density at radius 2 is 1.91 bits per heavy atom. The monoisotopic (exact) mass is 301 g/mol. The van der Waals surface area contributed by atoms with Gasteiger partial charge in [0.05, 0.1) is 26.0 Å². The van der Waals surface area contributed by atoms with E-state index in [1.165, 1.54) is 0 Å². The molecule has 0 saturated carbocycles. The zero-order valence-corrected chi connectivity index (χ0v) is 12.7. The maximum absolute atomic E-state index is 9.58. The number of methoxy groups -OCH3 is 2. The normalized spacial score (nSPS) is 17.6. The van der Waals surface area contributed by atoms with Crippen LogP contribution >= 0.6 is 0 Å². The van der Waals surface area contributed by atoms with E-state index in [2.05, 4.69) is 10.2 Å². The van der Waals surface area contributed by atoms with Gasteiger partial charge in [-0.15, -0.1) is 10.2 Å². The highest BCUT2D eigenvalue weighted by Gasteiger charge is 2.21. The van der Waals surface area contributed by atoms with Crippen molar-refractivity contribution in [2.75, 3.05) is 32.2 Å². The largest absolute Gasteiger partial charge is 0.493 e. The first-order chi connectivity index (χ1) is 10.7. The fraction of sp³-hybridized carbons (Fsp3) is 0.375. The van der Waals surface area contributed by atoms with E-state index in [4.69, 9.17) is 9.47 Å². The lowest BCUT2D eigenvalue weighted by Gasteiger charge is -2.15. The third kappa shape index (κ3) is 2.82. The molecule has 3 rings (SSSR count).